The van der Waals surface area contributed by atoms with Gasteiger partial charge in [-0.05, 0) is 56.2 Å². The first-order chi connectivity index (χ1) is 8.31. The summed E-state index contributed by atoms with van der Waals surface area (Å²) in [6.07, 6.45) is 5.25. The zero-order valence-electron chi connectivity index (χ0n) is 10.9. The normalized spacial score (nSPS) is 22.6. The van der Waals surface area contributed by atoms with E-state index >= 15 is 0 Å². The van der Waals surface area contributed by atoms with Crippen molar-refractivity contribution in [3.05, 3.63) is 21.9 Å². The van der Waals surface area contributed by atoms with E-state index in [9.17, 15) is 0 Å². The third-order valence-electron chi connectivity index (χ3n) is 3.31. The van der Waals surface area contributed by atoms with Gasteiger partial charge in [0.2, 0.25) is 0 Å². The molecule has 0 aliphatic carbocycles. The van der Waals surface area contributed by atoms with Crippen LogP contribution in [0.1, 0.15) is 49.1 Å². The maximum absolute atomic E-state index is 5.94. The number of nitrogens with one attached hydrogen (secondary N) is 1. The maximum atomic E-state index is 5.94. The molecule has 1 N–H and O–H groups in total. The van der Waals surface area contributed by atoms with Crippen molar-refractivity contribution in [1.29, 1.82) is 0 Å². The number of rotatable bonds is 5. The molecule has 0 saturated carbocycles. The molecule has 3 heteroatoms. The second-order valence-electron chi connectivity index (χ2n) is 4.83. The Morgan fingerprint density at radius 2 is 2.41 bits per heavy atom. The predicted molar refractivity (Wildman–Crippen MR) is 73.7 cm³/mol. The van der Waals surface area contributed by atoms with Gasteiger partial charge in [0, 0.05) is 11.5 Å². The van der Waals surface area contributed by atoms with Gasteiger partial charge in [-0.3, -0.25) is 0 Å². The van der Waals surface area contributed by atoms with E-state index in [4.69, 9.17) is 4.74 Å². The molecule has 2 rings (SSSR count). The summed E-state index contributed by atoms with van der Waals surface area (Å²) < 4.78 is 5.94. The van der Waals surface area contributed by atoms with Crippen LogP contribution in [0.5, 0.6) is 0 Å². The monoisotopic (exact) mass is 253 g/mol. The summed E-state index contributed by atoms with van der Waals surface area (Å²) in [5, 5.41) is 5.93. The highest BCUT2D eigenvalue weighted by molar-refractivity contribution is 7.10. The van der Waals surface area contributed by atoms with Gasteiger partial charge in [-0.15, -0.1) is 11.3 Å². The van der Waals surface area contributed by atoms with Gasteiger partial charge in [0.1, 0.15) is 0 Å². The van der Waals surface area contributed by atoms with Gasteiger partial charge >= 0.3 is 0 Å². The summed E-state index contributed by atoms with van der Waals surface area (Å²) in [6, 6.07) is 2.69. The van der Waals surface area contributed by atoms with E-state index in [1.807, 2.05) is 11.3 Å². The molecule has 0 aromatic carbocycles. The average Bonchev–Trinajstić information content (AvgIpc) is 2.78. The Kier molecular flexibility index (Phi) is 5.01. The summed E-state index contributed by atoms with van der Waals surface area (Å²) in [5.74, 6) is 0. The van der Waals surface area contributed by atoms with Crippen LogP contribution in [0.4, 0.5) is 0 Å². The second kappa shape index (κ2) is 6.53. The van der Waals surface area contributed by atoms with E-state index in [0.717, 1.165) is 13.2 Å². The van der Waals surface area contributed by atoms with Crippen molar-refractivity contribution in [3.63, 3.8) is 0 Å². The van der Waals surface area contributed by atoms with E-state index in [1.165, 1.54) is 36.1 Å². The fourth-order valence-corrected chi connectivity index (χ4v) is 3.16. The maximum Gasteiger partial charge on any atom is 0.0770 e. The van der Waals surface area contributed by atoms with Crippen molar-refractivity contribution >= 4 is 11.3 Å². The molecule has 2 unspecified atom stereocenters. The van der Waals surface area contributed by atoms with Crippen LogP contribution >= 0.6 is 11.3 Å². The number of thiophene rings is 1. The number of hydrogen-bond donors (Lipinski definition) is 1. The third kappa shape index (κ3) is 3.54. The Labute approximate surface area is 108 Å². The van der Waals surface area contributed by atoms with Crippen LogP contribution < -0.4 is 5.32 Å². The first-order valence-electron chi connectivity index (χ1n) is 6.71. The van der Waals surface area contributed by atoms with Crippen LogP contribution in [-0.2, 0) is 4.74 Å². The quantitative estimate of drug-likeness (QED) is 0.864. The standard InChI is InChI=1S/C14H23NOS/c1-3-7-15-14(12-9-11(2)17-10-12)13-6-4-5-8-16-13/h9-10,13-15H,3-8H2,1-2H3. The van der Waals surface area contributed by atoms with Crippen LogP contribution in [0.3, 0.4) is 0 Å². The minimum atomic E-state index is 0.365. The Balaban J connectivity index is 2.06. The minimum Gasteiger partial charge on any atom is -0.376 e. The fourth-order valence-electron chi connectivity index (χ4n) is 2.42. The lowest BCUT2D eigenvalue weighted by atomic mass is 9.97. The topological polar surface area (TPSA) is 21.3 Å². The highest BCUT2D eigenvalue weighted by Gasteiger charge is 2.25. The molecule has 2 heterocycles. The Morgan fingerprint density at radius 3 is 3.00 bits per heavy atom. The van der Waals surface area contributed by atoms with Crippen LogP contribution in [0.25, 0.3) is 0 Å². The molecule has 0 amide bonds. The van der Waals surface area contributed by atoms with Gasteiger partial charge in [0.25, 0.3) is 0 Å². The fraction of sp³-hybridized carbons (Fsp3) is 0.714. The summed E-state index contributed by atoms with van der Waals surface area (Å²) in [5.41, 5.74) is 1.41. The van der Waals surface area contributed by atoms with Crippen LogP contribution in [0.2, 0.25) is 0 Å². The first-order valence-corrected chi connectivity index (χ1v) is 7.59. The highest BCUT2D eigenvalue weighted by atomic mass is 32.1. The molecule has 1 aromatic heterocycles. The first kappa shape index (κ1) is 13.1. The van der Waals surface area contributed by atoms with Crippen LogP contribution in [0.15, 0.2) is 11.4 Å². The molecule has 1 aliphatic heterocycles. The van der Waals surface area contributed by atoms with Gasteiger partial charge < -0.3 is 10.1 Å². The van der Waals surface area contributed by atoms with Gasteiger partial charge in [0.05, 0.1) is 12.1 Å². The second-order valence-corrected chi connectivity index (χ2v) is 5.94. The molecular weight excluding hydrogens is 230 g/mol. The third-order valence-corrected chi connectivity index (χ3v) is 4.19. The molecule has 1 aromatic rings. The molecule has 17 heavy (non-hydrogen) atoms. The van der Waals surface area contributed by atoms with Gasteiger partial charge in [-0.1, -0.05) is 6.92 Å². The Morgan fingerprint density at radius 1 is 1.53 bits per heavy atom. The van der Waals surface area contributed by atoms with E-state index in [2.05, 4.69) is 30.6 Å². The van der Waals surface area contributed by atoms with Crippen molar-refractivity contribution in [2.45, 2.75) is 51.7 Å². The number of aryl methyl sites for hydroxylation is 1. The molecule has 2 nitrogen and oxygen atoms in total. The lowest BCUT2D eigenvalue weighted by Crippen LogP contribution is -2.36. The van der Waals surface area contributed by atoms with Gasteiger partial charge in [-0.25, -0.2) is 0 Å². The van der Waals surface area contributed by atoms with E-state index in [-0.39, 0.29) is 0 Å². The van der Waals surface area contributed by atoms with Gasteiger partial charge in [0.15, 0.2) is 0 Å². The minimum absolute atomic E-state index is 0.365. The zero-order chi connectivity index (χ0) is 12.1. The van der Waals surface area contributed by atoms with Crippen molar-refractivity contribution in [2.75, 3.05) is 13.2 Å². The molecule has 0 bridgehead atoms. The predicted octanol–water partition coefficient (Wildman–Crippen LogP) is 3.67. The van der Waals surface area contributed by atoms with Crippen LogP contribution in [0, 0.1) is 6.92 Å². The summed E-state index contributed by atoms with van der Waals surface area (Å²) in [6.45, 7) is 6.38. The molecule has 1 fully saturated rings. The lowest BCUT2D eigenvalue weighted by molar-refractivity contribution is -0.00807. The molecule has 2 atom stereocenters. The number of hydrogen-bond acceptors (Lipinski definition) is 3. The largest absolute Gasteiger partial charge is 0.376 e. The lowest BCUT2D eigenvalue weighted by Gasteiger charge is -2.31. The van der Waals surface area contributed by atoms with Crippen molar-refractivity contribution in [3.8, 4) is 0 Å². The number of ether oxygens (including phenoxy) is 1. The SMILES string of the molecule is CCCNC(c1csc(C)c1)C1CCCCO1. The average molecular weight is 253 g/mol. The molecule has 1 saturated heterocycles. The van der Waals surface area contributed by atoms with Crippen molar-refractivity contribution < 1.29 is 4.74 Å². The molecule has 1 aliphatic rings. The van der Waals surface area contributed by atoms with Gasteiger partial charge in [-0.2, -0.15) is 0 Å². The molecule has 0 radical (unpaired) electrons. The van der Waals surface area contributed by atoms with E-state index in [0.29, 0.717) is 12.1 Å². The smallest absolute Gasteiger partial charge is 0.0770 e. The Bertz CT molecular complexity index is 331. The summed E-state index contributed by atoms with van der Waals surface area (Å²) >= 11 is 1.83. The summed E-state index contributed by atoms with van der Waals surface area (Å²) in [7, 11) is 0. The molecule has 96 valence electrons. The van der Waals surface area contributed by atoms with E-state index < -0.39 is 0 Å². The Hall–Kier alpha value is -0.380. The van der Waals surface area contributed by atoms with Crippen molar-refractivity contribution in [2.24, 2.45) is 0 Å². The molecular formula is C14H23NOS. The highest BCUT2D eigenvalue weighted by Crippen LogP contribution is 2.29. The van der Waals surface area contributed by atoms with Crippen LogP contribution in [-0.4, -0.2) is 19.3 Å². The van der Waals surface area contributed by atoms with E-state index in [1.54, 1.807) is 0 Å². The summed E-state index contributed by atoms with van der Waals surface area (Å²) in [4.78, 5) is 1.39. The zero-order valence-corrected chi connectivity index (χ0v) is 11.7. The molecule has 0 spiro atoms. The van der Waals surface area contributed by atoms with Crippen molar-refractivity contribution in [1.82, 2.24) is 5.32 Å².